The maximum Gasteiger partial charge on any atom is 0.312 e. The lowest BCUT2D eigenvalue weighted by molar-refractivity contribution is -0.384. The fourth-order valence-corrected chi connectivity index (χ4v) is 2.72. The number of nitrogens with one attached hydrogen (secondary N) is 1. The third-order valence-electron chi connectivity index (χ3n) is 3.53. The zero-order valence-electron chi connectivity index (χ0n) is 10.8. The van der Waals surface area contributed by atoms with Crippen LogP contribution in [0.3, 0.4) is 0 Å². The maximum absolute atomic E-state index is 13.4. The fraction of sp³-hybridized carbons (Fsp3) is 0.214. The van der Waals surface area contributed by atoms with Crippen molar-refractivity contribution in [3.8, 4) is 0 Å². The lowest BCUT2D eigenvalue weighted by atomic mass is 10.1. The molecule has 0 fully saturated rings. The molecule has 1 aromatic carbocycles. The van der Waals surface area contributed by atoms with Crippen molar-refractivity contribution in [1.29, 1.82) is 0 Å². The summed E-state index contributed by atoms with van der Waals surface area (Å²) in [6, 6.07) is 5.68. The highest BCUT2D eigenvalue weighted by molar-refractivity contribution is 6.30. The second-order valence-electron chi connectivity index (χ2n) is 4.86. The second kappa shape index (κ2) is 5.29. The van der Waals surface area contributed by atoms with Gasteiger partial charge in [0, 0.05) is 12.3 Å². The first-order valence-electron chi connectivity index (χ1n) is 6.39. The summed E-state index contributed by atoms with van der Waals surface area (Å²) in [5.74, 6) is -0.174. The third-order valence-corrected chi connectivity index (χ3v) is 3.73. The number of fused-ring (bicyclic) bond motifs is 1. The van der Waals surface area contributed by atoms with E-state index in [1.165, 1.54) is 24.4 Å². The molecule has 3 rings (SSSR count). The van der Waals surface area contributed by atoms with Crippen LogP contribution in [-0.4, -0.2) is 9.91 Å². The highest BCUT2D eigenvalue weighted by atomic mass is 35.5. The lowest BCUT2D eigenvalue weighted by Crippen LogP contribution is -2.10. The Kier molecular flexibility index (Phi) is 3.47. The molecule has 1 atom stereocenters. The summed E-state index contributed by atoms with van der Waals surface area (Å²) >= 11 is 5.74. The van der Waals surface area contributed by atoms with Crippen LogP contribution in [0.4, 0.5) is 15.9 Å². The summed E-state index contributed by atoms with van der Waals surface area (Å²) in [4.78, 5) is 14.5. The molecule has 0 radical (unpaired) electrons. The Labute approximate surface area is 124 Å². The smallest absolute Gasteiger partial charge is 0.312 e. The van der Waals surface area contributed by atoms with Crippen molar-refractivity contribution < 1.29 is 9.31 Å². The lowest BCUT2D eigenvalue weighted by Gasteiger charge is -2.14. The second-order valence-corrected chi connectivity index (χ2v) is 5.29. The van der Waals surface area contributed by atoms with Gasteiger partial charge in [-0.05, 0) is 36.1 Å². The van der Waals surface area contributed by atoms with Gasteiger partial charge in [-0.3, -0.25) is 10.1 Å². The molecule has 1 N–H and O–H groups in total. The van der Waals surface area contributed by atoms with Crippen molar-refractivity contribution in [2.75, 3.05) is 5.32 Å². The molecule has 1 aromatic heterocycles. The van der Waals surface area contributed by atoms with Gasteiger partial charge in [0.2, 0.25) is 5.82 Å². The Morgan fingerprint density at radius 3 is 3.00 bits per heavy atom. The molecule has 0 saturated carbocycles. The van der Waals surface area contributed by atoms with Crippen molar-refractivity contribution in [2.24, 2.45) is 0 Å². The molecule has 7 heteroatoms. The highest BCUT2D eigenvalue weighted by Gasteiger charge is 2.26. The normalized spacial score (nSPS) is 16.6. The van der Waals surface area contributed by atoms with Crippen LogP contribution in [0.5, 0.6) is 0 Å². The van der Waals surface area contributed by atoms with E-state index < -0.39 is 4.92 Å². The van der Waals surface area contributed by atoms with Gasteiger partial charge in [-0.1, -0.05) is 17.7 Å². The topological polar surface area (TPSA) is 68.1 Å². The van der Waals surface area contributed by atoms with E-state index in [1.54, 1.807) is 6.07 Å². The highest BCUT2D eigenvalue weighted by Crippen LogP contribution is 2.36. The van der Waals surface area contributed by atoms with Crippen molar-refractivity contribution in [3.05, 3.63) is 62.5 Å². The summed E-state index contributed by atoms with van der Waals surface area (Å²) in [5, 5.41) is 14.3. The van der Waals surface area contributed by atoms with Crippen LogP contribution in [0, 0.1) is 15.9 Å². The summed E-state index contributed by atoms with van der Waals surface area (Å²) in [6.07, 6.45) is 2.88. The van der Waals surface area contributed by atoms with Crippen LogP contribution in [0.2, 0.25) is 5.02 Å². The van der Waals surface area contributed by atoms with Gasteiger partial charge in [-0.15, -0.1) is 0 Å². The number of rotatable bonds is 3. The van der Waals surface area contributed by atoms with Gasteiger partial charge in [0.1, 0.15) is 5.82 Å². The van der Waals surface area contributed by atoms with Crippen LogP contribution in [0.25, 0.3) is 0 Å². The van der Waals surface area contributed by atoms with E-state index in [2.05, 4.69) is 10.3 Å². The number of hydrogen-bond donors (Lipinski definition) is 1. The van der Waals surface area contributed by atoms with Crippen molar-refractivity contribution in [2.45, 2.75) is 18.9 Å². The Hall–Kier alpha value is -2.21. The Morgan fingerprint density at radius 1 is 1.43 bits per heavy atom. The molecule has 0 saturated heterocycles. The molecule has 0 spiro atoms. The number of aromatic nitrogens is 1. The van der Waals surface area contributed by atoms with Gasteiger partial charge in [0.05, 0.1) is 16.0 Å². The summed E-state index contributed by atoms with van der Waals surface area (Å²) in [7, 11) is 0. The van der Waals surface area contributed by atoms with E-state index in [-0.39, 0.29) is 28.4 Å². The van der Waals surface area contributed by atoms with E-state index in [4.69, 9.17) is 11.6 Å². The van der Waals surface area contributed by atoms with Crippen LogP contribution in [0.15, 0.2) is 30.5 Å². The molecule has 1 heterocycles. The third kappa shape index (κ3) is 2.67. The number of aryl methyl sites for hydroxylation is 1. The number of pyridine rings is 1. The molecule has 1 aliphatic carbocycles. The minimum absolute atomic E-state index is 0.145. The van der Waals surface area contributed by atoms with Crippen molar-refractivity contribution in [3.63, 3.8) is 0 Å². The molecule has 0 aliphatic heterocycles. The quantitative estimate of drug-likeness (QED) is 0.690. The largest absolute Gasteiger partial charge is 0.358 e. The van der Waals surface area contributed by atoms with Crippen molar-refractivity contribution >= 4 is 23.1 Å². The van der Waals surface area contributed by atoms with Gasteiger partial charge in [-0.2, -0.15) is 0 Å². The predicted molar refractivity (Wildman–Crippen MR) is 77.0 cm³/mol. The van der Waals surface area contributed by atoms with E-state index in [0.29, 0.717) is 0 Å². The molecular weight excluding hydrogens is 297 g/mol. The molecule has 5 nitrogen and oxygen atoms in total. The van der Waals surface area contributed by atoms with E-state index in [9.17, 15) is 14.5 Å². The first-order chi connectivity index (χ1) is 10.0. The van der Waals surface area contributed by atoms with Crippen molar-refractivity contribution in [1.82, 2.24) is 4.98 Å². The molecular formula is C14H11ClFN3O2. The molecule has 108 valence electrons. The van der Waals surface area contributed by atoms with E-state index >= 15 is 0 Å². The zero-order valence-corrected chi connectivity index (χ0v) is 11.6. The monoisotopic (exact) mass is 307 g/mol. The van der Waals surface area contributed by atoms with Gasteiger partial charge in [0.15, 0.2) is 0 Å². The minimum atomic E-state index is -0.539. The average molecular weight is 308 g/mol. The van der Waals surface area contributed by atoms with Crippen LogP contribution < -0.4 is 5.32 Å². The average Bonchev–Trinajstić information content (AvgIpc) is 2.83. The molecule has 21 heavy (non-hydrogen) atoms. The molecule has 0 amide bonds. The molecule has 1 aliphatic rings. The van der Waals surface area contributed by atoms with Gasteiger partial charge < -0.3 is 5.32 Å². The van der Waals surface area contributed by atoms with Gasteiger partial charge >= 0.3 is 5.69 Å². The number of nitro groups is 1. The Bertz CT molecular complexity index is 723. The number of hydrogen-bond acceptors (Lipinski definition) is 4. The van der Waals surface area contributed by atoms with Crippen LogP contribution >= 0.6 is 11.6 Å². The van der Waals surface area contributed by atoms with Gasteiger partial charge in [0.25, 0.3) is 0 Å². The van der Waals surface area contributed by atoms with E-state index in [1.807, 2.05) is 0 Å². The SMILES string of the molecule is O=[N+]([O-])c1cc(Cl)cnc1NC1CCc2ccc(F)cc21. The van der Waals surface area contributed by atoms with E-state index in [0.717, 1.165) is 24.0 Å². The van der Waals surface area contributed by atoms with Gasteiger partial charge in [-0.25, -0.2) is 9.37 Å². The maximum atomic E-state index is 13.4. The zero-order chi connectivity index (χ0) is 15.0. The molecule has 2 aromatic rings. The minimum Gasteiger partial charge on any atom is -0.358 e. The first-order valence-corrected chi connectivity index (χ1v) is 6.77. The number of benzene rings is 1. The molecule has 1 unspecified atom stereocenters. The fourth-order valence-electron chi connectivity index (χ4n) is 2.57. The first kappa shape index (κ1) is 13.8. The summed E-state index contributed by atoms with van der Waals surface area (Å²) in [5.41, 5.74) is 1.68. The standard InChI is InChI=1S/C14H11ClFN3O2/c15-9-5-13(19(20)21)14(17-7-9)18-12-4-2-8-1-3-10(16)6-11(8)12/h1,3,5-7,12H,2,4H2,(H,17,18). The van der Waals surface area contributed by atoms with Crippen LogP contribution in [-0.2, 0) is 6.42 Å². The number of anilines is 1. The van der Waals surface area contributed by atoms with Crippen LogP contribution in [0.1, 0.15) is 23.6 Å². The predicted octanol–water partition coefficient (Wildman–Crippen LogP) is 3.88. The number of halogens is 2. The summed E-state index contributed by atoms with van der Waals surface area (Å²) < 4.78 is 13.4. The Morgan fingerprint density at radius 2 is 2.24 bits per heavy atom. The number of nitrogens with zero attached hydrogens (tertiary/aromatic N) is 2. The summed E-state index contributed by atoms with van der Waals surface area (Å²) in [6.45, 7) is 0. The Balaban J connectivity index is 1.93. The molecule has 0 bridgehead atoms.